The summed E-state index contributed by atoms with van der Waals surface area (Å²) in [5.74, 6) is 0. The van der Waals surface area contributed by atoms with Crippen molar-refractivity contribution >= 4 is 17.7 Å². The van der Waals surface area contributed by atoms with E-state index in [0.29, 0.717) is 11.6 Å². The van der Waals surface area contributed by atoms with E-state index >= 15 is 0 Å². The van der Waals surface area contributed by atoms with Gasteiger partial charge in [0.1, 0.15) is 6.61 Å². The molecular weight excluding hydrogens is 254 g/mol. The second-order valence-corrected chi connectivity index (χ2v) is 4.76. The van der Waals surface area contributed by atoms with Crippen LogP contribution in [0.5, 0.6) is 0 Å². The van der Waals surface area contributed by atoms with Crippen LogP contribution >= 0.6 is 11.6 Å². The van der Waals surface area contributed by atoms with Gasteiger partial charge in [-0.3, -0.25) is 0 Å². The van der Waals surface area contributed by atoms with E-state index in [1.807, 2.05) is 12.1 Å². The van der Waals surface area contributed by atoms with E-state index < -0.39 is 0 Å². The molecule has 0 heterocycles. The smallest absolute Gasteiger partial charge is 0.410 e. The third-order valence-corrected chi connectivity index (χ3v) is 3.06. The zero-order valence-electron chi connectivity index (χ0n) is 10.0. The Bertz CT molecular complexity index is 403. The number of benzene rings is 1. The number of halogens is 1. The van der Waals surface area contributed by atoms with Crippen molar-refractivity contribution in [3.8, 4) is 0 Å². The molecule has 1 aliphatic carbocycles. The van der Waals surface area contributed by atoms with Crippen molar-refractivity contribution in [2.45, 2.75) is 25.4 Å². The van der Waals surface area contributed by atoms with Gasteiger partial charge in [-0.25, -0.2) is 4.79 Å². The van der Waals surface area contributed by atoms with Gasteiger partial charge in [-0.1, -0.05) is 23.7 Å². The number of nitrogens with zero attached hydrogens (tertiary/aromatic N) is 1. The molecule has 4 nitrogen and oxygen atoms in total. The van der Waals surface area contributed by atoms with Crippen molar-refractivity contribution in [1.29, 1.82) is 0 Å². The maximum atomic E-state index is 11.8. The lowest BCUT2D eigenvalue weighted by molar-refractivity contribution is 0.0797. The molecule has 0 saturated heterocycles. The number of carbonyl (C=O) groups excluding carboxylic acids is 1. The second-order valence-electron chi connectivity index (χ2n) is 4.32. The van der Waals surface area contributed by atoms with Crippen LogP contribution in [0.1, 0.15) is 18.4 Å². The molecule has 1 fully saturated rings. The number of amides is 1. The first-order valence-electron chi connectivity index (χ1n) is 5.99. The van der Waals surface area contributed by atoms with Gasteiger partial charge in [0.15, 0.2) is 0 Å². The van der Waals surface area contributed by atoms with Crippen LogP contribution < -0.4 is 0 Å². The summed E-state index contributed by atoms with van der Waals surface area (Å²) in [4.78, 5) is 13.5. The van der Waals surface area contributed by atoms with Gasteiger partial charge >= 0.3 is 6.09 Å². The molecule has 0 atom stereocenters. The van der Waals surface area contributed by atoms with Crippen molar-refractivity contribution in [2.75, 3.05) is 13.2 Å². The molecule has 1 amide bonds. The summed E-state index contributed by atoms with van der Waals surface area (Å²) >= 11 is 5.82. The normalized spacial score (nSPS) is 14.3. The fourth-order valence-corrected chi connectivity index (χ4v) is 1.86. The van der Waals surface area contributed by atoms with Gasteiger partial charge < -0.3 is 14.7 Å². The van der Waals surface area contributed by atoms with E-state index in [9.17, 15) is 4.79 Å². The molecule has 1 saturated carbocycles. The molecule has 0 unspecified atom stereocenters. The topological polar surface area (TPSA) is 49.8 Å². The zero-order chi connectivity index (χ0) is 13.0. The number of aliphatic hydroxyl groups excluding tert-OH is 1. The lowest BCUT2D eigenvalue weighted by Crippen LogP contribution is -2.33. The highest BCUT2D eigenvalue weighted by molar-refractivity contribution is 6.30. The van der Waals surface area contributed by atoms with E-state index in [1.165, 1.54) is 0 Å². The van der Waals surface area contributed by atoms with E-state index in [0.717, 1.165) is 18.4 Å². The summed E-state index contributed by atoms with van der Waals surface area (Å²) in [6, 6.07) is 7.68. The van der Waals surface area contributed by atoms with Crippen LogP contribution in [0, 0.1) is 0 Å². The van der Waals surface area contributed by atoms with Gasteiger partial charge in [-0.05, 0) is 30.5 Å². The van der Waals surface area contributed by atoms with Crippen LogP contribution in [-0.2, 0) is 11.3 Å². The highest BCUT2D eigenvalue weighted by atomic mass is 35.5. The summed E-state index contributed by atoms with van der Waals surface area (Å²) in [5.41, 5.74) is 1.02. The van der Waals surface area contributed by atoms with Crippen LogP contribution in [0.15, 0.2) is 24.3 Å². The molecule has 0 radical (unpaired) electrons. The van der Waals surface area contributed by atoms with Crippen LogP contribution in [0.2, 0.25) is 5.02 Å². The van der Waals surface area contributed by atoms with Gasteiger partial charge in [0.2, 0.25) is 0 Å². The minimum absolute atomic E-state index is 0.0443. The van der Waals surface area contributed by atoms with Gasteiger partial charge in [0.25, 0.3) is 0 Å². The zero-order valence-corrected chi connectivity index (χ0v) is 10.8. The number of ether oxygens (including phenoxy) is 1. The number of hydrogen-bond acceptors (Lipinski definition) is 3. The Labute approximate surface area is 111 Å². The lowest BCUT2D eigenvalue weighted by Gasteiger charge is -2.21. The van der Waals surface area contributed by atoms with Crippen LogP contribution in [-0.4, -0.2) is 35.4 Å². The first-order chi connectivity index (χ1) is 8.70. The predicted molar refractivity (Wildman–Crippen MR) is 68.5 cm³/mol. The molecule has 1 aliphatic rings. The Morgan fingerprint density at radius 1 is 1.39 bits per heavy atom. The summed E-state index contributed by atoms with van der Waals surface area (Å²) in [5, 5.41) is 9.34. The fraction of sp³-hybridized carbons (Fsp3) is 0.462. The fourth-order valence-electron chi connectivity index (χ4n) is 1.73. The monoisotopic (exact) mass is 269 g/mol. The third kappa shape index (κ3) is 3.62. The van der Waals surface area contributed by atoms with Gasteiger partial charge in [-0.15, -0.1) is 0 Å². The quantitative estimate of drug-likeness (QED) is 0.893. The lowest BCUT2D eigenvalue weighted by atomic mass is 10.2. The summed E-state index contributed by atoms with van der Waals surface area (Å²) in [6.07, 6.45) is 1.67. The minimum atomic E-state index is -0.360. The largest absolute Gasteiger partial charge is 0.447 e. The minimum Gasteiger partial charge on any atom is -0.447 e. The van der Waals surface area contributed by atoms with Crippen LogP contribution in [0.25, 0.3) is 0 Å². The van der Waals surface area contributed by atoms with Crippen molar-refractivity contribution in [3.05, 3.63) is 34.9 Å². The molecule has 0 aromatic heterocycles. The summed E-state index contributed by atoms with van der Waals surface area (Å²) in [6.45, 7) is 0.417. The van der Waals surface area contributed by atoms with Gasteiger partial charge in [-0.2, -0.15) is 0 Å². The molecular formula is C13H16ClNO3. The highest BCUT2D eigenvalue weighted by Gasteiger charge is 2.33. The average Bonchev–Trinajstić information content (AvgIpc) is 3.19. The standard InChI is InChI=1S/C13H16ClNO3/c14-11-3-1-10(2-4-11)9-15(12-5-6-12)13(17)18-8-7-16/h1-4,12,16H,5-9H2. The number of hydrogen-bond donors (Lipinski definition) is 1. The third-order valence-electron chi connectivity index (χ3n) is 2.81. The van der Waals surface area contributed by atoms with E-state index in [4.69, 9.17) is 21.4 Å². The summed E-state index contributed by atoms with van der Waals surface area (Å²) in [7, 11) is 0. The van der Waals surface area contributed by atoms with E-state index in [-0.39, 0.29) is 25.3 Å². The van der Waals surface area contributed by atoms with Gasteiger partial charge in [0.05, 0.1) is 6.61 Å². The van der Waals surface area contributed by atoms with Crippen molar-refractivity contribution in [2.24, 2.45) is 0 Å². The van der Waals surface area contributed by atoms with E-state index in [1.54, 1.807) is 17.0 Å². The van der Waals surface area contributed by atoms with Crippen molar-refractivity contribution in [3.63, 3.8) is 0 Å². The highest BCUT2D eigenvalue weighted by Crippen LogP contribution is 2.29. The number of aliphatic hydroxyl groups is 1. The average molecular weight is 270 g/mol. The Kier molecular flexibility index (Phi) is 4.44. The Morgan fingerprint density at radius 2 is 2.06 bits per heavy atom. The summed E-state index contributed by atoms with van der Waals surface area (Å²) < 4.78 is 4.96. The second kappa shape index (κ2) is 6.07. The molecule has 5 heteroatoms. The molecule has 2 rings (SSSR count). The number of rotatable bonds is 5. The van der Waals surface area contributed by atoms with Crippen molar-refractivity contribution in [1.82, 2.24) is 4.90 Å². The maximum Gasteiger partial charge on any atom is 0.410 e. The first-order valence-corrected chi connectivity index (χ1v) is 6.37. The van der Waals surface area contributed by atoms with Crippen molar-refractivity contribution < 1.29 is 14.6 Å². The Balaban J connectivity index is 1.97. The first kappa shape index (κ1) is 13.2. The van der Waals surface area contributed by atoms with Crippen LogP contribution in [0.4, 0.5) is 4.79 Å². The SMILES string of the molecule is O=C(OCCO)N(Cc1ccc(Cl)cc1)C1CC1. The molecule has 0 aliphatic heterocycles. The predicted octanol–water partition coefficient (Wildman–Crippen LogP) is 2.43. The molecule has 0 bridgehead atoms. The number of carbonyl (C=O) groups is 1. The maximum absolute atomic E-state index is 11.8. The molecule has 18 heavy (non-hydrogen) atoms. The molecule has 98 valence electrons. The molecule has 1 N–H and O–H groups in total. The molecule has 1 aromatic carbocycles. The Morgan fingerprint density at radius 3 is 2.61 bits per heavy atom. The Hall–Kier alpha value is -1.26. The van der Waals surface area contributed by atoms with Crippen LogP contribution in [0.3, 0.4) is 0 Å². The van der Waals surface area contributed by atoms with Gasteiger partial charge in [0, 0.05) is 17.6 Å². The van der Waals surface area contributed by atoms with E-state index in [2.05, 4.69) is 0 Å². The molecule has 1 aromatic rings. The molecule has 0 spiro atoms.